The molecule has 90 valence electrons. The first-order valence-corrected chi connectivity index (χ1v) is 6.31. The van der Waals surface area contributed by atoms with Crippen LogP contribution in [-0.2, 0) is 0 Å². The highest BCUT2D eigenvalue weighted by atomic mass is 14.8. The van der Waals surface area contributed by atoms with E-state index in [4.69, 9.17) is 0 Å². The molecule has 0 amide bonds. The summed E-state index contributed by atoms with van der Waals surface area (Å²) >= 11 is 0. The molecule has 0 aliphatic heterocycles. The van der Waals surface area contributed by atoms with Crippen LogP contribution in [0.15, 0.2) is 48.8 Å². The second-order valence-electron chi connectivity index (χ2n) is 4.94. The van der Waals surface area contributed by atoms with Gasteiger partial charge in [-0.15, -0.1) is 0 Å². The van der Waals surface area contributed by atoms with Crippen molar-refractivity contribution in [1.29, 1.82) is 0 Å². The second-order valence-corrected chi connectivity index (χ2v) is 4.94. The van der Waals surface area contributed by atoms with Gasteiger partial charge in [-0.25, -0.2) is 0 Å². The number of aryl methyl sites for hydroxylation is 1. The van der Waals surface area contributed by atoms with Crippen molar-refractivity contribution in [2.45, 2.75) is 20.8 Å². The molecule has 3 rings (SSSR count). The Hall–Kier alpha value is -2.02. The van der Waals surface area contributed by atoms with Gasteiger partial charge in [0.15, 0.2) is 0 Å². The number of aromatic nitrogens is 1. The fourth-order valence-electron chi connectivity index (χ4n) is 2.46. The van der Waals surface area contributed by atoms with Gasteiger partial charge in [-0.1, -0.05) is 18.2 Å². The van der Waals surface area contributed by atoms with Crippen molar-refractivity contribution in [2.75, 3.05) is 0 Å². The van der Waals surface area contributed by atoms with Gasteiger partial charge in [0.25, 0.3) is 0 Å². The van der Waals surface area contributed by atoms with Gasteiger partial charge >= 0.3 is 0 Å². The Bertz CT molecular complexity index is 720. The van der Waals surface area contributed by atoms with Crippen molar-refractivity contribution in [3.8, 4) is 11.1 Å². The SMILES string of the molecule is Cc1ccc(-c2ccc3cccn3c2)c(C)c1C. The number of benzene rings is 1. The van der Waals surface area contributed by atoms with Crippen LogP contribution in [0.1, 0.15) is 16.7 Å². The zero-order valence-corrected chi connectivity index (χ0v) is 11.1. The molecule has 0 saturated carbocycles. The van der Waals surface area contributed by atoms with Crippen LogP contribution in [0.5, 0.6) is 0 Å². The maximum absolute atomic E-state index is 2.22. The van der Waals surface area contributed by atoms with E-state index in [-0.39, 0.29) is 0 Å². The van der Waals surface area contributed by atoms with Crippen LogP contribution in [0.2, 0.25) is 0 Å². The van der Waals surface area contributed by atoms with Crippen molar-refractivity contribution >= 4 is 5.52 Å². The summed E-state index contributed by atoms with van der Waals surface area (Å²) in [6.45, 7) is 6.57. The monoisotopic (exact) mass is 235 g/mol. The van der Waals surface area contributed by atoms with Gasteiger partial charge in [-0.2, -0.15) is 0 Å². The summed E-state index contributed by atoms with van der Waals surface area (Å²) in [7, 11) is 0. The van der Waals surface area contributed by atoms with Crippen molar-refractivity contribution in [3.63, 3.8) is 0 Å². The molecule has 2 aromatic heterocycles. The minimum atomic E-state index is 1.24. The van der Waals surface area contributed by atoms with Gasteiger partial charge in [-0.05, 0) is 66.8 Å². The maximum Gasteiger partial charge on any atom is 0.0450 e. The average Bonchev–Trinajstić information content (AvgIpc) is 2.83. The van der Waals surface area contributed by atoms with Gasteiger partial charge in [0.1, 0.15) is 0 Å². The Morgan fingerprint density at radius 1 is 0.833 bits per heavy atom. The predicted molar refractivity (Wildman–Crippen MR) is 77.0 cm³/mol. The summed E-state index contributed by atoms with van der Waals surface area (Å²) in [5.41, 5.74) is 7.97. The molecule has 0 aliphatic rings. The quantitative estimate of drug-likeness (QED) is 0.583. The van der Waals surface area contributed by atoms with Gasteiger partial charge in [0, 0.05) is 17.9 Å². The van der Waals surface area contributed by atoms with Crippen LogP contribution >= 0.6 is 0 Å². The Morgan fingerprint density at radius 2 is 1.67 bits per heavy atom. The van der Waals surface area contributed by atoms with Gasteiger partial charge in [0.2, 0.25) is 0 Å². The van der Waals surface area contributed by atoms with Gasteiger partial charge in [-0.3, -0.25) is 0 Å². The van der Waals surface area contributed by atoms with E-state index in [2.05, 4.69) is 74.0 Å². The molecule has 0 N–H and O–H groups in total. The average molecular weight is 235 g/mol. The molecule has 0 fully saturated rings. The van der Waals surface area contributed by atoms with Gasteiger partial charge in [0.05, 0.1) is 0 Å². The third kappa shape index (κ3) is 1.63. The van der Waals surface area contributed by atoms with E-state index in [1.807, 2.05) is 0 Å². The molecule has 3 aromatic rings. The summed E-state index contributed by atoms with van der Waals surface area (Å²) < 4.78 is 2.17. The zero-order chi connectivity index (χ0) is 12.7. The molecule has 1 nitrogen and oxygen atoms in total. The molecule has 18 heavy (non-hydrogen) atoms. The van der Waals surface area contributed by atoms with Crippen molar-refractivity contribution < 1.29 is 0 Å². The Morgan fingerprint density at radius 3 is 2.50 bits per heavy atom. The van der Waals surface area contributed by atoms with E-state index in [9.17, 15) is 0 Å². The first kappa shape index (κ1) is 11.1. The summed E-state index contributed by atoms with van der Waals surface area (Å²) in [4.78, 5) is 0. The first-order valence-electron chi connectivity index (χ1n) is 6.31. The molecular formula is C17H17N. The lowest BCUT2D eigenvalue weighted by molar-refractivity contribution is 1.19. The number of hydrogen-bond donors (Lipinski definition) is 0. The smallest absolute Gasteiger partial charge is 0.0450 e. The van der Waals surface area contributed by atoms with E-state index >= 15 is 0 Å². The minimum Gasteiger partial charge on any atom is -0.323 e. The van der Waals surface area contributed by atoms with Gasteiger partial charge < -0.3 is 4.40 Å². The molecule has 2 heterocycles. The molecule has 0 aliphatic carbocycles. The topological polar surface area (TPSA) is 4.41 Å². The molecule has 0 unspecified atom stereocenters. The van der Waals surface area contributed by atoms with E-state index in [0.717, 1.165) is 0 Å². The standard InChI is InChI=1S/C17H17N/c1-12-6-9-17(14(3)13(12)2)15-7-8-16-5-4-10-18(16)11-15/h4-11H,1-3H3. The minimum absolute atomic E-state index is 1.24. The second kappa shape index (κ2) is 4.02. The zero-order valence-electron chi connectivity index (χ0n) is 11.1. The van der Waals surface area contributed by atoms with Crippen LogP contribution in [0.4, 0.5) is 0 Å². The Balaban J connectivity index is 2.22. The summed E-state index contributed by atoms with van der Waals surface area (Å²) in [6, 6.07) is 13.0. The number of fused-ring (bicyclic) bond motifs is 1. The van der Waals surface area contributed by atoms with Crippen LogP contribution < -0.4 is 0 Å². The summed E-state index contributed by atoms with van der Waals surface area (Å²) in [6.07, 6.45) is 4.29. The Kier molecular flexibility index (Phi) is 2.48. The third-order valence-electron chi connectivity index (χ3n) is 3.89. The van der Waals surface area contributed by atoms with E-state index in [1.54, 1.807) is 0 Å². The summed E-state index contributed by atoms with van der Waals surface area (Å²) in [5.74, 6) is 0. The van der Waals surface area contributed by atoms with Crippen LogP contribution in [0, 0.1) is 20.8 Å². The Labute approximate surface area is 108 Å². The van der Waals surface area contributed by atoms with Crippen molar-refractivity contribution in [2.24, 2.45) is 0 Å². The molecule has 1 heteroatoms. The molecular weight excluding hydrogens is 218 g/mol. The van der Waals surface area contributed by atoms with Crippen LogP contribution in [0.25, 0.3) is 16.6 Å². The fraction of sp³-hybridized carbons (Fsp3) is 0.176. The predicted octanol–water partition coefficient (Wildman–Crippen LogP) is 4.53. The number of nitrogens with zero attached hydrogens (tertiary/aromatic N) is 1. The molecule has 0 atom stereocenters. The molecule has 0 saturated heterocycles. The first-order chi connectivity index (χ1) is 8.66. The van der Waals surface area contributed by atoms with Crippen LogP contribution in [0.3, 0.4) is 0 Å². The van der Waals surface area contributed by atoms with E-state index in [1.165, 1.54) is 33.3 Å². The lowest BCUT2D eigenvalue weighted by Crippen LogP contribution is -1.92. The van der Waals surface area contributed by atoms with Crippen molar-refractivity contribution in [1.82, 2.24) is 4.40 Å². The van der Waals surface area contributed by atoms with E-state index in [0.29, 0.717) is 0 Å². The molecule has 0 spiro atoms. The lowest BCUT2D eigenvalue weighted by Gasteiger charge is -2.12. The third-order valence-corrected chi connectivity index (χ3v) is 3.89. The van der Waals surface area contributed by atoms with Crippen LogP contribution in [-0.4, -0.2) is 4.40 Å². The largest absolute Gasteiger partial charge is 0.323 e. The fourth-order valence-corrected chi connectivity index (χ4v) is 2.46. The highest BCUT2D eigenvalue weighted by Gasteiger charge is 2.06. The summed E-state index contributed by atoms with van der Waals surface area (Å²) in [5, 5.41) is 0. The van der Waals surface area contributed by atoms with E-state index < -0.39 is 0 Å². The highest BCUT2D eigenvalue weighted by Crippen LogP contribution is 2.27. The molecule has 0 bridgehead atoms. The molecule has 0 radical (unpaired) electrons. The number of hydrogen-bond acceptors (Lipinski definition) is 0. The lowest BCUT2D eigenvalue weighted by atomic mass is 9.95. The van der Waals surface area contributed by atoms with Crippen molar-refractivity contribution in [3.05, 3.63) is 65.5 Å². The highest BCUT2D eigenvalue weighted by molar-refractivity contribution is 5.70. The normalized spacial score (nSPS) is 11.1. The number of pyridine rings is 1. The maximum atomic E-state index is 2.22. The number of rotatable bonds is 1. The molecule has 1 aromatic carbocycles.